The second-order valence-electron chi connectivity index (χ2n) is 15.6. The largest absolute Gasteiger partial charge is 3.00 e. The van der Waals surface area contributed by atoms with Gasteiger partial charge in [-0.2, -0.15) is 0 Å². The third-order valence-corrected chi connectivity index (χ3v) is 12.1. The summed E-state index contributed by atoms with van der Waals surface area (Å²) in [5, 5.41) is 56.7. The van der Waals surface area contributed by atoms with E-state index < -0.39 is 59.1 Å². The normalized spacial score (nSPS) is 15.5. The van der Waals surface area contributed by atoms with Crippen LogP contribution >= 0.6 is 21.6 Å². The summed E-state index contributed by atoms with van der Waals surface area (Å²) in [7, 11) is 2.95. The van der Waals surface area contributed by atoms with Crippen molar-refractivity contribution >= 4 is 69.0 Å². The van der Waals surface area contributed by atoms with E-state index in [0.29, 0.717) is 31.0 Å². The van der Waals surface area contributed by atoms with Crippen molar-refractivity contribution in [2.45, 2.75) is 83.3 Å². The number of carbonyl (C=O) groups excluding carboxylic acids is 8. The maximum absolute atomic E-state index is 12.9. The molecule has 1 fully saturated rings. The van der Waals surface area contributed by atoms with Gasteiger partial charge >= 0.3 is 39.9 Å². The summed E-state index contributed by atoms with van der Waals surface area (Å²) in [6.45, 7) is 9.26. The molecule has 0 bridgehead atoms. The standard InChI is InChI=1S/C37H67N9O12S2.4CH4.Gd/c1-6-37(5,35(58)41-19-27(2)47)26-36(3,4)34(57)42-21-29(49)40-20-28(48)38-7-17-59-60-18-8-39-30(50)22-43-9-11-44(23-31(51)52)13-15-46(25-33(55)56)16-14-45(12-10-43)24-32(53)54;;;;;/h27,47H,6-26H2,1-5H3,(H,38,48)(H,39,50)(H,40,49)(H,41,58)(H,42,57)(H,51,52)(H,53,54)(H,55,56);4*1H4;/q;;;;;+3/p-3. The number of carboxylic acid groups (broad SMARTS) is 3. The number of carboxylic acids is 3. The molecule has 1 radical (unpaired) electrons. The molecule has 1 aliphatic heterocycles. The van der Waals surface area contributed by atoms with Crippen LogP contribution in [0.4, 0.5) is 0 Å². The van der Waals surface area contributed by atoms with Crippen molar-refractivity contribution in [3.8, 4) is 0 Å². The number of hydrogen-bond acceptors (Lipinski definition) is 18. The van der Waals surface area contributed by atoms with E-state index in [9.17, 15) is 58.8 Å². The number of carbonyl (C=O) groups is 8. The van der Waals surface area contributed by atoms with Crippen molar-refractivity contribution in [1.29, 1.82) is 0 Å². The van der Waals surface area contributed by atoms with E-state index in [1.807, 2.05) is 6.92 Å². The van der Waals surface area contributed by atoms with Gasteiger partial charge in [0.1, 0.15) is 0 Å². The molecule has 0 aromatic heterocycles. The molecule has 2 atom stereocenters. The summed E-state index contributed by atoms with van der Waals surface area (Å²) < 4.78 is 0. The zero-order valence-electron chi connectivity index (χ0n) is 35.8. The second-order valence-corrected chi connectivity index (χ2v) is 18.3. The molecule has 0 spiro atoms. The molecular weight excluding hydrogens is 1030 g/mol. The van der Waals surface area contributed by atoms with Gasteiger partial charge in [0, 0.05) is 114 Å². The summed E-state index contributed by atoms with van der Waals surface area (Å²) >= 11 is 0. The molecule has 5 amide bonds. The molecule has 1 saturated heterocycles. The molecule has 21 nitrogen and oxygen atoms in total. The second kappa shape index (κ2) is 38.5. The topological polar surface area (TPSA) is 299 Å². The Hall–Kier alpha value is -2.42. The molecule has 0 aromatic rings. The number of aliphatic hydroxyl groups is 1. The van der Waals surface area contributed by atoms with Gasteiger partial charge in [-0.1, -0.05) is 79.0 Å². The molecule has 1 heterocycles. The Morgan fingerprint density at radius 1 is 0.569 bits per heavy atom. The van der Waals surface area contributed by atoms with E-state index in [1.54, 1.807) is 47.3 Å². The molecule has 1 rings (SSSR count). The van der Waals surface area contributed by atoms with Crippen LogP contribution in [-0.2, 0) is 38.4 Å². The Kier molecular flexibility index (Phi) is 42.4. The first-order valence-corrected chi connectivity index (χ1v) is 22.4. The first kappa shape index (κ1) is 71.6. The van der Waals surface area contributed by atoms with Gasteiger partial charge in [-0.3, -0.25) is 43.6 Å². The Morgan fingerprint density at radius 2 is 0.923 bits per heavy atom. The fourth-order valence-corrected chi connectivity index (χ4v) is 7.99. The minimum Gasteiger partial charge on any atom is -0.549 e. The number of aliphatic carboxylic acids is 3. The molecule has 6 N–H and O–H groups in total. The zero-order valence-corrected chi connectivity index (χ0v) is 39.7. The van der Waals surface area contributed by atoms with Crippen LogP contribution in [0.2, 0.25) is 0 Å². The van der Waals surface area contributed by atoms with Gasteiger partial charge in [0.2, 0.25) is 29.5 Å². The fourth-order valence-electron chi connectivity index (χ4n) is 6.18. The average Bonchev–Trinajstić information content (AvgIpc) is 3.16. The number of nitrogens with one attached hydrogen (secondary N) is 5. The van der Waals surface area contributed by atoms with Gasteiger partial charge in [0.25, 0.3) is 0 Å². The van der Waals surface area contributed by atoms with Gasteiger partial charge in [-0.15, -0.1) is 0 Å². The predicted octanol–water partition coefficient (Wildman–Crippen LogP) is -3.82. The maximum atomic E-state index is 12.9. The van der Waals surface area contributed by atoms with Crippen molar-refractivity contribution in [2.75, 3.05) is 123 Å². The minimum atomic E-state index is -1.31. The zero-order chi connectivity index (χ0) is 45.3. The van der Waals surface area contributed by atoms with E-state index in [-0.39, 0.29) is 180 Å². The Morgan fingerprint density at radius 3 is 1.29 bits per heavy atom. The van der Waals surface area contributed by atoms with Crippen molar-refractivity contribution in [1.82, 2.24) is 46.2 Å². The van der Waals surface area contributed by atoms with Gasteiger partial charge < -0.3 is 61.4 Å². The SMILES string of the molecule is C.C.C.C.CCC(C)(CC(C)(C)C(=O)NCC(=O)NCC(=O)NCCSSCCNC(=O)CN1CCN(CC(=O)[O-])CCN(CC(=O)[O-])CCN(CC(=O)[O-])CC1)C(=O)NCC(C)O.[Gd+3]. The van der Waals surface area contributed by atoms with Gasteiger partial charge in [-0.05, 0) is 19.8 Å². The van der Waals surface area contributed by atoms with Gasteiger partial charge in [0.05, 0.1) is 43.6 Å². The summed E-state index contributed by atoms with van der Waals surface area (Å²) in [5.41, 5.74) is -1.87. The van der Waals surface area contributed by atoms with Crippen LogP contribution < -0.4 is 41.9 Å². The van der Waals surface area contributed by atoms with Crippen molar-refractivity contribution < 1.29 is 98.7 Å². The summed E-state index contributed by atoms with van der Waals surface area (Å²) in [4.78, 5) is 104. The predicted molar refractivity (Wildman–Crippen MR) is 246 cm³/mol. The molecule has 2 unspecified atom stereocenters. The molecule has 381 valence electrons. The van der Waals surface area contributed by atoms with Crippen molar-refractivity contribution in [2.24, 2.45) is 10.8 Å². The van der Waals surface area contributed by atoms with Gasteiger partial charge in [0.15, 0.2) is 0 Å². The van der Waals surface area contributed by atoms with Crippen LogP contribution in [-0.4, -0.2) is 201 Å². The number of hydrogen-bond donors (Lipinski definition) is 6. The molecular formula is C41H80GdN9O12S2. The average molecular weight is 1110 g/mol. The molecule has 24 heteroatoms. The van der Waals surface area contributed by atoms with Crippen molar-refractivity contribution in [3.63, 3.8) is 0 Å². The minimum absolute atomic E-state index is 0. The number of aliphatic hydroxyl groups excluding tert-OH is 1. The maximum Gasteiger partial charge on any atom is 3.00 e. The third-order valence-electron chi connectivity index (χ3n) is 9.64. The molecule has 1 aliphatic rings. The Labute approximate surface area is 427 Å². The summed E-state index contributed by atoms with van der Waals surface area (Å²) in [6, 6.07) is 0. The van der Waals surface area contributed by atoms with Crippen LogP contribution in [0.15, 0.2) is 0 Å². The van der Waals surface area contributed by atoms with E-state index in [0.717, 1.165) is 0 Å². The molecule has 65 heavy (non-hydrogen) atoms. The molecule has 0 aliphatic carbocycles. The molecule has 0 aromatic carbocycles. The Balaban J connectivity index is -0.00000240. The first-order valence-electron chi connectivity index (χ1n) is 19.9. The first-order chi connectivity index (χ1) is 28.1. The van der Waals surface area contributed by atoms with Crippen LogP contribution in [0.5, 0.6) is 0 Å². The number of rotatable bonds is 26. The van der Waals surface area contributed by atoms with E-state index >= 15 is 0 Å². The van der Waals surface area contributed by atoms with Crippen LogP contribution in [0.25, 0.3) is 0 Å². The van der Waals surface area contributed by atoms with Gasteiger partial charge in [-0.25, -0.2) is 0 Å². The van der Waals surface area contributed by atoms with Crippen LogP contribution in [0.3, 0.4) is 0 Å². The smallest absolute Gasteiger partial charge is 0.549 e. The quantitative estimate of drug-likeness (QED) is 0.0357. The molecule has 0 saturated carbocycles. The van der Waals surface area contributed by atoms with Crippen LogP contribution in [0.1, 0.15) is 77.2 Å². The van der Waals surface area contributed by atoms with E-state index in [2.05, 4.69) is 26.6 Å². The van der Waals surface area contributed by atoms with Crippen molar-refractivity contribution in [3.05, 3.63) is 0 Å². The summed E-state index contributed by atoms with van der Waals surface area (Å²) in [6.07, 6.45) is -0.0492. The number of amides is 5. The monoisotopic (exact) mass is 1110 g/mol. The fraction of sp³-hybridized carbons (Fsp3) is 0.805. The Bertz CT molecular complexity index is 1410. The number of nitrogens with zero attached hydrogens (tertiary/aromatic N) is 4. The van der Waals surface area contributed by atoms with E-state index in [4.69, 9.17) is 0 Å². The van der Waals surface area contributed by atoms with E-state index in [1.165, 1.54) is 21.6 Å². The third kappa shape index (κ3) is 33.7. The van der Waals surface area contributed by atoms with Crippen LogP contribution in [0, 0.1) is 50.8 Å². The summed E-state index contributed by atoms with van der Waals surface area (Å²) in [5.74, 6) is -4.77.